The van der Waals surface area contributed by atoms with Crippen molar-refractivity contribution in [2.24, 2.45) is 29.4 Å². The van der Waals surface area contributed by atoms with Crippen molar-refractivity contribution in [3.8, 4) is 0 Å². The number of likely N-dealkylation sites (N-methyl/N-ethyl adjacent to an activating group) is 1. The molecule has 0 unspecified atom stereocenters. The van der Waals surface area contributed by atoms with Crippen LogP contribution in [0.3, 0.4) is 0 Å². The molecule has 2 amide bonds. The number of hydrogen-bond acceptors (Lipinski definition) is 9. The zero-order valence-electron chi connectivity index (χ0n) is 29.9. The highest BCUT2D eigenvalue weighted by Gasteiger charge is 2.34. The number of hydrogen-bond donors (Lipinski definition) is 2. The number of amides is 2. The Labute approximate surface area is 290 Å². The fourth-order valence-corrected chi connectivity index (χ4v) is 6.27. The smallest absolute Gasteiger partial charge is 0.309 e. The first kappa shape index (κ1) is 40.6. The molecule has 0 spiro atoms. The van der Waals surface area contributed by atoms with E-state index in [9.17, 15) is 19.2 Å². The van der Waals surface area contributed by atoms with Gasteiger partial charge < -0.3 is 25.4 Å². The van der Waals surface area contributed by atoms with Gasteiger partial charge in [-0.15, -0.1) is 11.3 Å². The molecule has 0 bridgehead atoms. The summed E-state index contributed by atoms with van der Waals surface area (Å²) in [6.45, 7) is 17.3. The quantitative estimate of drug-likeness (QED) is 0.126. The molecule has 0 radical (unpaired) electrons. The van der Waals surface area contributed by atoms with Crippen LogP contribution in [-0.2, 0) is 30.3 Å². The van der Waals surface area contributed by atoms with E-state index >= 15 is 0 Å². The van der Waals surface area contributed by atoms with Crippen LogP contribution in [0.4, 0.5) is 0 Å². The molecule has 2 rings (SSSR count). The molecular formula is C37H56N4O6S. The molecular weight excluding hydrogens is 628 g/mol. The van der Waals surface area contributed by atoms with Gasteiger partial charge in [-0.05, 0) is 36.2 Å². The fourth-order valence-electron chi connectivity index (χ4n) is 5.43. The van der Waals surface area contributed by atoms with Gasteiger partial charge in [0.2, 0.25) is 5.91 Å². The molecule has 3 N–H and O–H groups in total. The van der Waals surface area contributed by atoms with Crippen LogP contribution in [0, 0.1) is 23.7 Å². The highest BCUT2D eigenvalue weighted by atomic mass is 32.1. The van der Waals surface area contributed by atoms with Gasteiger partial charge in [-0.3, -0.25) is 19.2 Å². The Morgan fingerprint density at radius 2 is 1.73 bits per heavy atom. The standard InChI is InChI=1S/C37H56N4O6S/c1-10-17-46-37(45)26(8)19-28(20-27-15-13-12-14-16-27)39-34(43)29-22-48-35(40-29)31(47-32(42)18-23(3)4)21-30(24(5)6)41(9)36(44)33(38)25(7)11-2/h10,12-16,22-26,28,30-31,33H,1,11,17-21,38H2,2-9H3,(H,39,43)/t25-,26-,28+,30+,31+,33-/m0/s1. The second-order valence-electron chi connectivity index (χ2n) is 13.5. The summed E-state index contributed by atoms with van der Waals surface area (Å²) in [6.07, 6.45) is 2.91. The van der Waals surface area contributed by atoms with Crippen molar-refractivity contribution < 1.29 is 28.7 Å². The lowest BCUT2D eigenvalue weighted by atomic mass is 9.93. The first-order valence-electron chi connectivity index (χ1n) is 17.0. The Balaban J connectivity index is 2.35. The summed E-state index contributed by atoms with van der Waals surface area (Å²) in [5.41, 5.74) is 7.52. The lowest BCUT2D eigenvalue weighted by molar-refractivity contribution is -0.152. The first-order valence-corrected chi connectivity index (χ1v) is 17.9. The maximum Gasteiger partial charge on any atom is 0.309 e. The number of esters is 2. The molecule has 0 saturated carbocycles. The minimum atomic E-state index is -0.773. The molecule has 1 heterocycles. The van der Waals surface area contributed by atoms with Gasteiger partial charge in [0.1, 0.15) is 17.3 Å². The SMILES string of the molecule is C=CCOC(=O)[C@@H](C)C[C@H](Cc1ccccc1)NC(=O)c1csc([C@@H](C[C@H](C(C)C)N(C)C(=O)[C@@H](N)[C@@H](C)CC)OC(=O)CC(C)C)n1. The summed E-state index contributed by atoms with van der Waals surface area (Å²) in [7, 11) is 1.74. The van der Waals surface area contributed by atoms with E-state index in [-0.39, 0.29) is 66.4 Å². The zero-order chi connectivity index (χ0) is 36.0. The summed E-state index contributed by atoms with van der Waals surface area (Å²) in [6, 6.07) is 8.39. The van der Waals surface area contributed by atoms with Crippen LogP contribution in [0.5, 0.6) is 0 Å². The Morgan fingerprint density at radius 1 is 1.06 bits per heavy atom. The van der Waals surface area contributed by atoms with Crippen molar-refractivity contribution in [1.82, 2.24) is 15.2 Å². The second-order valence-corrected chi connectivity index (χ2v) is 14.4. The second kappa shape index (κ2) is 20.1. The molecule has 11 heteroatoms. The predicted molar refractivity (Wildman–Crippen MR) is 190 cm³/mol. The van der Waals surface area contributed by atoms with Crippen molar-refractivity contribution in [2.75, 3.05) is 13.7 Å². The van der Waals surface area contributed by atoms with Crippen molar-refractivity contribution in [1.29, 1.82) is 0 Å². The van der Waals surface area contributed by atoms with E-state index in [1.807, 2.05) is 71.9 Å². The van der Waals surface area contributed by atoms with Gasteiger partial charge in [0, 0.05) is 37.4 Å². The van der Waals surface area contributed by atoms with E-state index in [0.717, 1.165) is 12.0 Å². The molecule has 6 atom stereocenters. The molecule has 0 aliphatic rings. The summed E-state index contributed by atoms with van der Waals surface area (Å²) in [4.78, 5) is 58.7. The number of carbonyl (C=O) groups is 4. The van der Waals surface area contributed by atoms with Crippen molar-refractivity contribution in [2.45, 2.75) is 105 Å². The van der Waals surface area contributed by atoms with Crippen LogP contribution in [0.1, 0.15) is 101 Å². The molecule has 2 aromatic rings. The topological polar surface area (TPSA) is 141 Å². The number of nitrogens with zero attached hydrogens (tertiary/aromatic N) is 2. The van der Waals surface area contributed by atoms with Crippen LogP contribution in [0.15, 0.2) is 48.4 Å². The highest BCUT2D eigenvalue weighted by Crippen LogP contribution is 2.31. The number of aromatic nitrogens is 1. The largest absolute Gasteiger partial charge is 0.461 e. The van der Waals surface area contributed by atoms with E-state index in [1.54, 1.807) is 24.3 Å². The molecule has 0 saturated heterocycles. The van der Waals surface area contributed by atoms with Crippen molar-refractivity contribution in [3.05, 3.63) is 64.6 Å². The van der Waals surface area contributed by atoms with Gasteiger partial charge in [0.25, 0.3) is 5.91 Å². The molecule has 1 aromatic heterocycles. The average Bonchev–Trinajstić information content (AvgIpc) is 3.54. The van der Waals surface area contributed by atoms with Gasteiger partial charge in [-0.25, -0.2) is 4.98 Å². The predicted octanol–water partition coefficient (Wildman–Crippen LogP) is 6.12. The molecule has 0 aliphatic carbocycles. The zero-order valence-corrected chi connectivity index (χ0v) is 30.8. The van der Waals surface area contributed by atoms with Crippen LogP contribution in [-0.4, -0.2) is 65.4 Å². The summed E-state index contributed by atoms with van der Waals surface area (Å²) >= 11 is 1.23. The van der Waals surface area contributed by atoms with Crippen LogP contribution in [0.25, 0.3) is 0 Å². The Bertz CT molecular complexity index is 1330. The third-order valence-corrected chi connectivity index (χ3v) is 9.47. The maximum atomic E-state index is 13.6. The van der Waals surface area contributed by atoms with Gasteiger partial charge in [0.05, 0.1) is 12.0 Å². The van der Waals surface area contributed by atoms with Crippen LogP contribution < -0.4 is 11.1 Å². The van der Waals surface area contributed by atoms with E-state index in [4.69, 9.17) is 15.2 Å². The normalized spacial score (nSPS) is 15.1. The number of thiazole rings is 1. The van der Waals surface area contributed by atoms with Gasteiger partial charge in [0.15, 0.2) is 6.10 Å². The molecule has 10 nitrogen and oxygen atoms in total. The number of nitrogens with one attached hydrogen (secondary N) is 1. The Hall–Kier alpha value is -3.57. The Morgan fingerprint density at radius 3 is 2.31 bits per heavy atom. The lowest BCUT2D eigenvalue weighted by Gasteiger charge is -2.35. The highest BCUT2D eigenvalue weighted by molar-refractivity contribution is 7.09. The van der Waals surface area contributed by atoms with Crippen LogP contribution >= 0.6 is 11.3 Å². The summed E-state index contributed by atoms with van der Waals surface area (Å²) in [5, 5.41) is 5.18. The maximum absolute atomic E-state index is 13.6. The minimum absolute atomic E-state index is 0.0129. The van der Waals surface area contributed by atoms with Crippen LogP contribution in [0.2, 0.25) is 0 Å². The minimum Gasteiger partial charge on any atom is -0.461 e. The monoisotopic (exact) mass is 684 g/mol. The number of benzene rings is 1. The number of carbonyl (C=O) groups excluding carboxylic acids is 4. The summed E-state index contributed by atoms with van der Waals surface area (Å²) in [5.74, 6) is -1.63. The molecule has 266 valence electrons. The molecule has 0 fully saturated rings. The molecule has 0 aliphatic heterocycles. The van der Waals surface area contributed by atoms with Crippen molar-refractivity contribution in [3.63, 3.8) is 0 Å². The summed E-state index contributed by atoms with van der Waals surface area (Å²) < 4.78 is 11.2. The van der Waals surface area contributed by atoms with Gasteiger partial charge >= 0.3 is 11.9 Å². The molecule has 48 heavy (non-hydrogen) atoms. The van der Waals surface area contributed by atoms with E-state index < -0.39 is 24.0 Å². The van der Waals surface area contributed by atoms with E-state index in [0.29, 0.717) is 24.3 Å². The Kier molecular flexibility index (Phi) is 17.0. The van der Waals surface area contributed by atoms with Gasteiger partial charge in [-0.2, -0.15) is 0 Å². The lowest BCUT2D eigenvalue weighted by Crippen LogP contribution is -2.51. The van der Waals surface area contributed by atoms with Crippen molar-refractivity contribution >= 4 is 35.1 Å². The molecule has 1 aromatic carbocycles. The first-order chi connectivity index (χ1) is 22.7. The number of rotatable bonds is 20. The number of nitrogens with two attached hydrogens (primary N) is 1. The average molecular weight is 685 g/mol. The number of ether oxygens (including phenoxy) is 2. The fraction of sp³-hybridized carbons (Fsp3) is 0.595. The van der Waals surface area contributed by atoms with Gasteiger partial charge in [-0.1, -0.05) is 97.9 Å². The third-order valence-electron chi connectivity index (χ3n) is 8.54. The third kappa shape index (κ3) is 12.8. The van der Waals surface area contributed by atoms with E-state index in [1.165, 1.54) is 17.4 Å². The van der Waals surface area contributed by atoms with E-state index in [2.05, 4.69) is 16.9 Å².